The van der Waals surface area contributed by atoms with Crippen molar-refractivity contribution in [3.05, 3.63) is 30.3 Å². The molecule has 4 heteroatoms. The summed E-state index contributed by atoms with van der Waals surface area (Å²) in [5.41, 5.74) is 0. The Morgan fingerprint density at radius 2 is 2.00 bits per heavy atom. The number of benzene rings is 1. The zero-order valence-electron chi connectivity index (χ0n) is 10.4. The zero-order chi connectivity index (χ0) is 12.5. The molecule has 0 atom stereocenters. The second-order valence-electron chi connectivity index (χ2n) is 4.06. The largest absolute Gasteiger partial charge is 0.353 e. The van der Waals surface area contributed by atoms with Crippen molar-refractivity contribution in [1.29, 1.82) is 0 Å². The molecule has 1 rings (SSSR count). The highest BCUT2D eigenvalue weighted by Crippen LogP contribution is 2.15. The van der Waals surface area contributed by atoms with Gasteiger partial charge in [-0.25, -0.2) is 0 Å². The maximum Gasteiger partial charge on any atom is 0.234 e. The first-order chi connectivity index (χ1) is 8.18. The molecule has 0 radical (unpaired) electrons. The van der Waals surface area contributed by atoms with E-state index in [1.54, 1.807) is 11.8 Å². The van der Waals surface area contributed by atoms with Gasteiger partial charge >= 0.3 is 0 Å². The summed E-state index contributed by atoms with van der Waals surface area (Å²) in [6.07, 6.45) is 0. The molecule has 94 valence electrons. The Bertz CT molecular complexity index is 327. The lowest BCUT2D eigenvalue weighted by molar-refractivity contribution is -0.120. The number of rotatable bonds is 7. The van der Waals surface area contributed by atoms with Gasteiger partial charge in [0.15, 0.2) is 0 Å². The summed E-state index contributed by atoms with van der Waals surface area (Å²) < 4.78 is 0. The number of nitrogens with one attached hydrogen (secondary N) is 2. The van der Waals surface area contributed by atoms with Crippen molar-refractivity contribution in [2.24, 2.45) is 0 Å². The first kappa shape index (κ1) is 14.1. The highest BCUT2D eigenvalue weighted by Gasteiger charge is 2.01. The van der Waals surface area contributed by atoms with Gasteiger partial charge in [0.25, 0.3) is 0 Å². The van der Waals surface area contributed by atoms with Gasteiger partial charge in [-0.15, -0.1) is 11.8 Å². The number of hydrogen-bond acceptors (Lipinski definition) is 3. The van der Waals surface area contributed by atoms with E-state index in [0.29, 0.717) is 6.54 Å². The summed E-state index contributed by atoms with van der Waals surface area (Å²) in [4.78, 5) is 12.6. The molecule has 0 aromatic heterocycles. The summed E-state index contributed by atoms with van der Waals surface area (Å²) in [6.45, 7) is 5.16. The van der Waals surface area contributed by atoms with Gasteiger partial charge in [-0.1, -0.05) is 18.2 Å². The van der Waals surface area contributed by atoms with Crippen molar-refractivity contribution in [2.75, 3.05) is 18.8 Å². The number of hydrogen-bond donors (Lipinski definition) is 2. The SMILES string of the molecule is CC(C)NC(=O)CNCCSc1ccccc1. The average molecular weight is 252 g/mol. The number of carbonyl (C=O) groups is 1. The highest BCUT2D eigenvalue weighted by atomic mass is 32.2. The van der Waals surface area contributed by atoms with Crippen LogP contribution >= 0.6 is 11.8 Å². The van der Waals surface area contributed by atoms with Crippen LogP contribution in [0.15, 0.2) is 35.2 Å². The number of carbonyl (C=O) groups excluding carboxylic acids is 1. The van der Waals surface area contributed by atoms with E-state index in [-0.39, 0.29) is 11.9 Å². The molecule has 0 aliphatic carbocycles. The van der Waals surface area contributed by atoms with Crippen LogP contribution in [0.25, 0.3) is 0 Å². The van der Waals surface area contributed by atoms with E-state index in [1.165, 1.54) is 4.90 Å². The highest BCUT2D eigenvalue weighted by molar-refractivity contribution is 7.99. The lowest BCUT2D eigenvalue weighted by atomic mass is 10.4. The lowest BCUT2D eigenvalue weighted by Gasteiger charge is -2.08. The average Bonchev–Trinajstić information content (AvgIpc) is 2.29. The first-order valence-electron chi connectivity index (χ1n) is 5.86. The van der Waals surface area contributed by atoms with Crippen LogP contribution < -0.4 is 10.6 Å². The quantitative estimate of drug-likeness (QED) is 0.575. The number of amides is 1. The Morgan fingerprint density at radius 1 is 1.29 bits per heavy atom. The minimum atomic E-state index is 0.0599. The van der Waals surface area contributed by atoms with Gasteiger partial charge in [-0.3, -0.25) is 4.79 Å². The minimum absolute atomic E-state index is 0.0599. The standard InChI is InChI=1S/C13H20N2OS/c1-11(2)15-13(16)10-14-8-9-17-12-6-4-3-5-7-12/h3-7,11,14H,8-10H2,1-2H3,(H,15,16). The molecule has 2 N–H and O–H groups in total. The third kappa shape index (κ3) is 7.02. The molecule has 0 saturated carbocycles. The predicted molar refractivity (Wildman–Crippen MR) is 73.3 cm³/mol. The summed E-state index contributed by atoms with van der Waals surface area (Å²) in [5, 5.41) is 5.97. The summed E-state index contributed by atoms with van der Waals surface area (Å²) in [5.74, 6) is 1.03. The topological polar surface area (TPSA) is 41.1 Å². The van der Waals surface area contributed by atoms with Gasteiger partial charge in [0, 0.05) is 23.2 Å². The first-order valence-corrected chi connectivity index (χ1v) is 6.85. The Morgan fingerprint density at radius 3 is 2.65 bits per heavy atom. The molecule has 0 aliphatic rings. The monoisotopic (exact) mass is 252 g/mol. The van der Waals surface area contributed by atoms with E-state index < -0.39 is 0 Å². The molecule has 0 aliphatic heterocycles. The Hall–Kier alpha value is -1.00. The van der Waals surface area contributed by atoms with E-state index in [0.717, 1.165) is 12.3 Å². The molecule has 0 spiro atoms. The van der Waals surface area contributed by atoms with Crippen molar-refractivity contribution < 1.29 is 4.79 Å². The molecule has 0 saturated heterocycles. The van der Waals surface area contributed by atoms with E-state index in [9.17, 15) is 4.79 Å². The van der Waals surface area contributed by atoms with Gasteiger partial charge < -0.3 is 10.6 Å². The molecule has 1 aromatic rings. The maximum atomic E-state index is 11.3. The predicted octanol–water partition coefficient (Wildman–Crippen LogP) is 1.89. The van der Waals surface area contributed by atoms with Gasteiger partial charge in [-0.2, -0.15) is 0 Å². The molecule has 0 fully saturated rings. The zero-order valence-corrected chi connectivity index (χ0v) is 11.2. The lowest BCUT2D eigenvalue weighted by Crippen LogP contribution is -2.38. The Kier molecular flexibility index (Phi) is 6.74. The van der Waals surface area contributed by atoms with Crippen LogP contribution in [0.2, 0.25) is 0 Å². The van der Waals surface area contributed by atoms with E-state index in [2.05, 4.69) is 22.8 Å². The second-order valence-corrected chi connectivity index (χ2v) is 5.23. The summed E-state index contributed by atoms with van der Waals surface area (Å²) >= 11 is 1.79. The fourth-order valence-corrected chi connectivity index (χ4v) is 2.16. The number of thioether (sulfide) groups is 1. The smallest absolute Gasteiger partial charge is 0.234 e. The van der Waals surface area contributed by atoms with Crippen LogP contribution in [0, 0.1) is 0 Å². The summed E-state index contributed by atoms with van der Waals surface area (Å²) in [7, 11) is 0. The van der Waals surface area contributed by atoms with E-state index in [4.69, 9.17) is 0 Å². The van der Waals surface area contributed by atoms with Crippen LogP contribution in [0.1, 0.15) is 13.8 Å². The van der Waals surface area contributed by atoms with Crippen molar-refractivity contribution >= 4 is 17.7 Å². The van der Waals surface area contributed by atoms with Crippen molar-refractivity contribution in [1.82, 2.24) is 10.6 Å². The van der Waals surface area contributed by atoms with E-state index >= 15 is 0 Å². The summed E-state index contributed by atoms with van der Waals surface area (Å²) in [6, 6.07) is 10.5. The molecular weight excluding hydrogens is 232 g/mol. The maximum absolute atomic E-state index is 11.3. The van der Waals surface area contributed by atoms with Crippen molar-refractivity contribution in [3.63, 3.8) is 0 Å². The normalized spacial score (nSPS) is 10.5. The van der Waals surface area contributed by atoms with Crippen molar-refractivity contribution in [3.8, 4) is 0 Å². The molecule has 1 aromatic carbocycles. The molecular formula is C13H20N2OS. The molecule has 3 nitrogen and oxygen atoms in total. The van der Waals surface area contributed by atoms with Crippen LogP contribution in [-0.4, -0.2) is 30.8 Å². The molecule has 0 bridgehead atoms. The Balaban J connectivity index is 2.03. The van der Waals surface area contributed by atoms with Crippen molar-refractivity contribution in [2.45, 2.75) is 24.8 Å². The minimum Gasteiger partial charge on any atom is -0.353 e. The molecule has 0 unspecified atom stereocenters. The fourth-order valence-electron chi connectivity index (χ4n) is 1.33. The van der Waals surface area contributed by atoms with Crippen LogP contribution in [0.5, 0.6) is 0 Å². The third-order valence-electron chi connectivity index (χ3n) is 2.03. The van der Waals surface area contributed by atoms with Gasteiger partial charge in [0.2, 0.25) is 5.91 Å². The second kappa shape index (κ2) is 8.14. The third-order valence-corrected chi connectivity index (χ3v) is 3.04. The molecule has 17 heavy (non-hydrogen) atoms. The Labute approximate surface area is 107 Å². The van der Waals surface area contributed by atoms with Crippen LogP contribution in [0.3, 0.4) is 0 Å². The van der Waals surface area contributed by atoms with Crippen LogP contribution in [-0.2, 0) is 4.79 Å². The van der Waals surface area contributed by atoms with E-state index in [1.807, 2.05) is 32.0 Å². The van der Waals surface area contributed by atoms with Crippen LogP contribution in [0.4, 0.5) is 0 Å². The molecule has 1 amide bonds. The molecule has 0 heterocycles. The van der Waals surface area contributed by atoms with Gasteiger partial charge in [0.1, 0.15) is 0 Å². The van der Waals surface area contributed by atoms with Gasteiger partial charge in [-0.05, 0) is 26.0 Å². The van der Waals surface area contributed by atoms with Gasteiger partial charge in [0.05, 0.1) is 6.54 Å². The fraction of sp³-hybridized carbons (Fsp3) is 0.462.